The van der Waals surface area contributed by atoms with Gasteiger partial charge in [0.15, 0.2) is 11.5 Å². The molecule has 0 saturated carbocycles. The molecular formula is C22H28N2O3. The number of nitrogens with zero attached hydrogens (tertiary/aromatic N) is 1. The van der Waals surface area contributed by atoms with Gasteiger partial charge >= 0.3 is 0 Å². The van der Waals surface area contributed by atoms with Gasteiger partial charge in [-0.2, -0.15) is 0 Å². The third-order valence-electron chi connectivity index (χ3n) is 4.87. The van der Waals surface area contributed by atoms with Gasteiger partial charge in [0.2, 0.25) is 0 Å². The summed E-state index contributed by atoms with van der Waals surface area (Å²) in [4.78, 5) is 14.7. The number of amides is 1. The van der Waals surface area contributed by atoms with Gasteiger partial charge in [-0.3, -0.25) is 4.79 Å². The number of carbonyl (C=O) groups excluding carboxylic acids is 1. The van der Waals surface area contributed by atoms with Crippen LogP contribution in [-0.2, 0) is 0 Å². The summed E-state index contributed by atoms with van der Waals surface area (Å²) in [7, 11) is 1.64. The number of para-hydroxylation sites is 1. The molecular weight excluding hydrogens is 340 g/mol. The number of anilines is 1. The van der Waals surface area contributed by atoms with Gasteiger partial charge in [0.1, 0.15) is 6.17 Å². The van der Waals surface area contributed by atoms with Crippen LogP contribution in [0.4, 0.5) is 5.69 Å². The lowest BCUT2D eigenvalue weighted by atomic mass is 10.0. The van der Waals surface area contributed by atoms with Crippen molar-refractivity contribution >= 4 is 11.6 Å². The van der Waals surface area contributed by atoms with E-state index in [1.807, 2.05) is 54.3 Å². The first kappa shape index (κ1) is 19.1. The van der Waals surface area contributed by atoms with E-state index in [4.69, 9.17) is 9.47 Å². The van der Waals surface area contributed by atoms with Crippen LogP contribution in [0.2, 0.25) is 0 Å². The number of hydrogen-bond donors (Lipinski definition) is 1. The molecule has 1 amide bonds. The molecule has 27 heavy (non-hydrogen) atoms. The van der Waals surface area contributed by atoms with Crippen LogP contribution >= 0.6 is 0 Å². The van der Waals surface area contributed by atoms with E-state index in [1.54, 1.807) is 7.11 Å². The van der Waals surface area contributed by atoms with Gasteiger partial charge in [0.05, 0.1) is 19.3 Å². The molecule has 3 rings (SSSR count). The van der Waals surface area contributed by atoms with E-state index in [2.05, 4.69) is 12.2 Å². The summed E-state index contributed by atoms with van der Waals surface area (Å²) in [5.74, 6) is 1.46. The van der Waals surface area contributed by atoms with E-state index in [1.165, 1.54) is 0 Å². The van der Waals surface area contributed by atoms with Crippen molar-refractivity contribution in [2.45, 2.75) is 39.3 Å². The van der Waals surface area contributed by atoms with Crippen molar-refractivity contribution < 1.29 is 14.3 Å². The molecule has 1 atom stereocenters. The molecule has 144 valence electrons. The van der Waals surface area contributed by atoms with Crippen molar-refractivity contribution in [2.75, 3.05) is 25.6 Å². The van der Waals surface area contributed by atoms with Crippen molar-refractivity contribution in [2.24, 2.45) is 0 Å². The molecule has 1 N–H and O–H groups in total. The van der Waals surface area contributed by atoms with Crippen molar-refractivity contribution in [3.05, 3.63) is 53.6 Å². The van der Waals surface area contributed by atoms with Gasteiger partial charge < -0.3 is 19.7 Å². The standard InChI is InChI=1S/C22H28N2O3/c1-4-6-9-14-27-19-13-12-16(15-20(19)26-3)21-23-18-11-8-7-10-17(18)22(25)24(21)5-2/h7-8,10-13,15,21,23H,4-6,9,14H2,1-3H3. The van der Waals surface area contributed by atoms with Crippen LogP contribution in [0.25, 0.3) is 0 Å². The maximum atomic E-state index is 12.9. The molecule has 0 aromatic heterocycles. The summed E-state index contributed by atoms with van der Waals surface area (Å²) < 4.78 is 11.4. The fourth-order valence-electron chi connectivity index (χ4n) is 3.39. The van der Waals surface area contributed by atoms with Gasteiger partial charge in [0, 0.05) is 12.2 Å². The molecule has 0 bridgehead atoms. The molecule has 0 radical (unpaired) electrons. The molecule has 2 aromatic rings. The lowest BCUT2D eigenvalue weighted by molar-refractivity contribution is 0.0694. The zero-order valence-corrected chi connectivity index (χ0v) is 16.3. The van der Waals surface area contributed by atoms with Crippen molar-refractivity contribution in [3.63, 3.8) is 0 Å². The van der Waals surface area contributed by atoms with Gasteiger partial charge in [-0.15, -0.1) is 0 Å². The summed E-state index contributed by atoms with van der Waals surface area (Å²) in [6, 6.07) is 13.5. The van der Waals surface area contributed by atoms with Crippen molar-refractivity contribution in [1.29, 1.82) is 0 Å². The molecule has 1 aliphatic rings. The molecule has 1 aliphatic heterocycles. The van der Waals surface area contributed by atoms with Gasteiger partial charge in [0.25, 0.3) is 5.91 Å². The lowest BCUT2D eigenvalue weighted by Gasteiger charge is -2.37. The Balaban J connectivity index is 1.85. The van der Waals surface area contributed by atoms with Gasteiger partial charge in [-0.1, -0.05) is 38.0 Å². The SMILES string of the molecule is CCCCCOc1ccc(C2Nc3ccccc3C(=O)N2CC)cc1OC. The second kappa shape index (κ2) is 8.80. The minimum atomic E-state index is -0.236. The van der Waals surface area contributed by atoms with Crippen LogP contribution in [-0.4, -0.2) is 31.1 Å². The van der Waals surface area contributed by atoms with Gasteiger partial charge in [-0.05, 0) is 43.2 Å². The highest BCUT2D eigenvalue weighted by Crippen LogP contribution is 2.36. The van der Waals surface area contributed by atoms with E-state index in [0.717, 1.165) is 36.3 Å². The number of unbranched alkanes of at least 4 members (excludes halogenated alkanes) is 2. The highest BCUT2D eigenvalue weighted by atomic mass is 16.5. The van der Waals surface area contributed by atoms with Crippen LogP contribution < -0.4 is 14.8 Å². The molecule has 1 unspecified atom stereocenters. The van der Waals surface area contributed by atoms with Crippen LogP contribution in [0.15, 0.2) is 42.5 Å². The van der Waals surface area contributed by atoms with Gasteiger partial charge in [-0.25, -0.2) is 0 Å². The second-order valence-electron chi connectivity index (χ2n) is 6.65. The van der Waals surface area contributed by atoms with Crippen LogP contribution in [0.3, 0.4) is 0 Å². The quantitative estimate of drug-likeness (QED) is 0.677. The number of carbonyl (C=O) groups is 1. The number of ether oxygens (including phenoxy) is 2. The fourth-order valence-corrected chi connectivity index (χ4v) is 3.39. The highest BCUT2D eigenvalue weighted by molar-refractivity contribution is 6.01. The minimum Gasteiger partial charge on any atom is -0.493 e. The molecule has 1 heterocycles. The fraction of sp³-hybridized carbons (Fsp3) is 0.409. The Bertz CT molecular complexity index is 791. The number of benzene rings is 2. The first-order valence-corrected chi connectivity index (χ1v) is 9.66. The highest BCUT2D eigenvalue weighted by Gasteiger charge is 2.32. The number of methoxy groups -OCH3 is 1. The minimum absolute atomic E-state index is 0.0377. The van der Waals surface area contributed by atoms with E-state index in [9.17, 15) is 4.79 Å². The Morgan fingerprint density at radius 1 is 1.07 bits per heavy atom. The maximum Gasteiger partial charge on any atom is 0.257 e. The zero-order chi connectivity index (χ0) is 19.2. The Morgan fingerprint density at radius 3 is 2.63 bits per heavy atom. The van der Waals surface area contributed by atoms with E-state index in [-0.39, 0.29) is 12.1 Å². The Hall–Kier alpha value is -2.69. The van der Waals surface area contributed by atoms with Crippen LogP contribution in [0.1, 0.15) is 55.2 Å². The number of nitrogens with one attached hydrogen (secondary N) is 1. The zero-order valence-electron chi connectivity index (χ0n) is 16.3. The third-order valence-corrected chi connectivity index (χ3v) is 4.87. The Morgan fingerprint density at radius 2 is 1.89 bits per heavy atom. The number of hydrogen-bond acceptors (Lipinski definition) is 4. The second-order valence-corrected chi connectivity index (χ2v) is 6.65. The first-order chi connectivity index (χ1) is 13.2. The maximum absolute atomic E-state index is 12.9. The van der Waals surface area contributed by atoms with Crippen molar-refractivity contribution in [1.82, 2.24) is 4.90 Å². The lowest BCUT2D eigenvalue weighted by Crippen LogP contribution is -2.42. The van der Waals surface area contributed by atoms with E-state index < -0.39 is 0 Å². The summed E-state index contributed by atoms with van der Waals surface area (Å²) in [5, 5.41) is 3.48. The topological polar surface area (TPSA) is 50.8 Å². The normalized spacial score (nSPS) is 15.9. The number of fused-ring (bicyclic) bond motifs is 1. The molecule has 0 saturated heterocycles. The predicted octanol–water partition coefficient (Wildman–Crippen LogP) is 4.85. The molecule has 2 aromatic carbocycles. The first-order valence-electron chi connectivity index (χ1n) is 9.66. The molecule has 0 fully saturated rings. The summed E-state index contributed by atoms with van der Waals surface area (Å²) >= 11 is 0. The Kier molecular flexibility index (Phi) is 6.22. The average molecular weight is 368 g/mol. The third kappa shape index (κ3) is 4.02. The monoisotopic (exact) mass is 368 g/mol. The Labute approximate surface area is 161 Å². The molecule has 5 heteroatoms. The van der Waals surface area contributed by atoms with Crippen LogP contribution in [0.5, 0.6) is 11.5 Å². The largest absolute Gasteiger partial charge is 0.493 e. The average Bonchev–Trinajstić information content (AvgIpc) is 2.71. The summed E-state index contributed by atoms with van der Waals surface area (Å²) in [5.41, 5.74) is 2.53. The summed E-state index contributed by atoms with van der Waals surface area (Å²) in [6.07, 6.45) is 3.11. The van der Waals surface area contributed by atoms with Crippen molar-refractivity contribution in [3.8, 4) is 11.5 Å². The molecule has 0 spiro atoms. The predicted molar refractivity (Wildman–Crippen MR) is 108 cm³/mol. The summed E-state index contributed by atoms with van der Waals surface area (Å²) in [6.45, 7) is 5.45. The van der Waals surface area contributed by atoms with E-state index >= 15 is 0 Å². The molecule has 5 nitrogen and oxygen atoms in total. The van der Waals surface area contributed by atoms with Crippen LogP contribution in [0, 0.1) is 0 Å². The number of rotatable bonds is 8. The smallest absolute Gasteiger partial charge is 0.257 e. The molecule has 0 aliphatic carbocycles. The van der Waals surface area contributed by atoms with E-state index in [0.29, 0.717) is 24.5 Å².